The summed E-state index contributed by atoms with van der Waals surface area (Å²) in [7, 11) is 0. The Morgan fingerprint density at radius 3 is 2.58 bits per heavy atom. The maximum absolute atomic E-state index is 12.6. The molecule has 2 rings (SSSR count). The normalized spacial score (nSPS) is 12.5. The predicted molar refractivity (Wildman–Crippen MR) is 76.2 cm³/mol. The van der Waals surface area contributed by atoms with Crippen molar-refractivity contribution >= 4 is 17.7 Å². The first kappa shape index (κ1) is 17.5. The molecule has 9 heteroatoms. The molecular weight excluding hydrogens is 329 g/mol. The van der Waals surface area contributed by atoms with Crippen LogP contribution in [0, 0.1) is 6.92 Å². The summed E-state index contributed by atoms with van der Waals surface area (Å²) in [6, 6.07) is 5.21. The van der Waals surface area contributed by atoms with Gasteiger partial charge in [0.25, 0.3) is 5.91 Å². The van der Waals surface area contributed by atoms with Crippen LogP contribution in [0.3, 0.4) is 0 Å². The van der Waals surface area contributed by atoms with Gasteiger partial charge in [0.2, 0.25) is 0 Å². The van der Waals surface area contributed by atoms with E-state index in [0.29, 0.717) is 11.8 Å². The highest BCUT2D eigenvalue weighted by molar-refractivity contribution is 5.96. The number of nitrogens with zero attached hydrogens (tertiary/aromatic N) is 1. The molecule has 24 heavy (non-hydrogen) atoms. The molecule has 0 saturated heterocycles. The summed E-state index contributed by atoms with van der Waals surface area (Å²) in [5, 5.41) is 5.90. The Balaban J connectivity index is 2.02. The van der Waals surface area contributed by atoms with E-state index in [1.807, 2.05) is 0 Å². The number of benzene rings is 1. The predicted octanol–water partition coefficient (Wildman–Crippen LogP) is 3.19. The van der Waals surface area contributed by atoms with Crippen molar-refractivity contribution in [3.05, 3.63) is 47.2 Å². The zero-order valence-electron chi connectivity index (χ0n) is 12.7. The lowest BCUT2D eigenvalue weighted by molar-refractivity contribution is -0.137. The lowest BCUT2D eigenvalue weighted by atomic mass is 10.1. The lowest BCUT2D eigenvalue weighted by Gasteiger charge is -2.13. The fraction of sp³-hybridized carbons (Fsp3) is 0.267. The van der Waals surface area contributed by atoms with Gasteiger partial charge in [-0.25, -0.2) is 4.79 Å². The number of nitrogens with one attached hydrogen (secondary N) is 1. The van der Waals surface area contributed by atoms with Crippen LogP contribution >= 0.6 is 0 Å². The van der Waals surface area contributed by atoms with E-state index in [4.69, 9.17) is 9.26 Å². The van der Waals surface area contributed by atoms with E-state index in [2.05, 4.69) is 10.5 Å². The second kappa shape index (κ2) is 6.73. The number of anilines is 1. The number of rotatable bonds is 4. The van der Waals surface area contributed by atoms with E-state index in [0.717, 1.165) is 12.1 Å². The zero-order valence-corrected chi connectivity index (χ0v) is 12.7. The SMILES string of the molecule is Cc1cc(NC(=O)[C@H](C)OC(=O)c2cccc(C(F)(F)F)c2)no1. The van der Waals surface area contributed by atoms with Gasteiger partial charge >= 0.3 is 12.1 Å². The third-order valence-corrected chi connectivity index (χ3v) is 2.96. The summed E-state index contributed by atoms with van der Waals surface area (Å²) in [6.45, 7) is 2.91. The number of aromatic nitrogens is 1. The van der Waals surface area contributed by atoms with Crippen molar-refractivity contribution in [1.29, 1.82) is 0 Å². The number of carbonyl (C=O) groups excluding carboxylic acids is 2. The van der Waals surface area contributed by atoms with E-state index in [9.17, 15) is 22.8 Å². The smallest absolute Gasteiger partial charge is 0.416 e. The van der Waals surface area contributed by atoms with Crippen LogP contribution in [-0.2, 0) is 15.7 Å². The van der Waals surface area contributed by atoms with Crippen molar-refractivity contribution in [2.45, 2.75) is 26.1 Å². The fourth-order valence-electron chi connectivity index (χ4n) is 1.76. The van der Waals surface area contributed by atoms with Crippen molar-refractivity contribution in [1.82, 2.24) is 5.16 Å². The summed E-state index contributed by atoms with van der Waals surface area (Å²) in [6.07, 6.45) is -5.81. The first-order chi connectivity index (χ1) is 11.2. The Labute approximate surface area is 134 Å². The number of esters is 1. The monoisotopic (exact) mass is 342 g/mol. The molecule has 1 atom stereocenters. The molecule has 1 amide bonds. The molecule has 0 radical (unpaired) electrons. The highest BCUT2D eigenvalue weighted by Crippen LogP contribution is 2.29. The summed E-state index contributed by atoms with van der Waals surface area (Å²) < 4.78 is 47.5. The molecule has 2 aromatic rings. The van der Waals surface area contributed by atoms with Gasteiger partial charge in [0.1, 0.15) is 5.76 Å². The second-order valence-corrected chi connectivity index (χ2v) is 4.94. The molecule has 1 aromatic heterocycles. The van der Waals surface area contributed by atoms with Crippen molar-refractivity contribution in [3.8, 4) is 0 Å². The molecular formula is C15H13F3N2O4. The molecule has 1 heterocycles. The molecule has 0 bridgehead atoms. The fourth-order valence-corrected chi connectivity index (χ4v) is 1.76. The van der Waals surface area contributed by atoms with Crippen LogP contribution in [0.25, 0.3) is 0 Å². The first-order valence-electron chi connectivity index (χ1n) is 6.79. The molecule has 128 valence electrons. The lowest BCUT2D eigenvalue weighted by Crippen LogP contribution is -2.30. The number of carbonyl (C=O) groups is 2. The van der Waals surface area contributed by atoms with E-state index in [1.165, 1.54) is 19.1 Å². The van der Waals surface area contributed by atoms with Crippen LogP contribution in [0.5, 0.6) is 0 Å². The molecule has 0 spiro atoms. The van der Waals surface area contributed by atoms with E-state index >= 15 is 0 Å². The van der Waals surface area contributed by atoms with E-state index in [-0.39, 0.29) is 11.4 Å². The molecule has 1 aromatic carbocycles. The highest BCUT2D eigenvalue weighted by Gasteiger charge is 2.31. The Bertz CT molecular complexity index is 755. The minimum atomic E-state index is -4.58. The third-order valence-electron chi connectivity index (χ3n) is 2.96. The Hall–Kier alpha value is -2.84. The van der Waals surface area contributed by atoms with Crippen LogP contribution < -0.4 is 5.32 Å². The maximum Gasteiger partial charge on any atom is 0.416 e. The standard InChI is InChI=1S/C15H13F3N2O4/c1-8-6-12(20-24-8)19-13(21)9(2)23-14(22)10-4-3-5-11(7-10)15(16,17)18/h3-7,9H,1-2H3,(H,19,20,21)/t9-/m0/s1. The number of aryl methyl sites for hydroxylation is 1. The average molecular weight is 342 g/mol. The molecule has 0 aliphatic heterocycles. The number of ether oxygens (including phenoxy) is 1. The van der Waals surface area contributed by atoms with Gasteiger partial charge in [0, 0.05) is 6.07 Å². The largest absolute Gasteiger partial charge is 0.449 e. The molecule has 0 unspecified atom stereocenters. The van der Waals surface area contributed by atoms with Crippen molar-refractivity contribution < 1.29 is 32.0 Å². The minimum Gasteiger partial charge on any atom is -0.449 e. The van der Waals surface area contributed by atoms with Crippen LogP contribution in [0.1, 0.15) is 28.6 Å². The minimum absolute atomic E-state index is 0.138. The van der Waals surface area contributed by atoms with Crippen LogP contribution in [0.2, 0.25) is 0 Å². The Morgan fingerprint density at radius 2 is 2.00 bits per heavy atom. The second-order valence-electron chi connectivity index (χ2n) is 4.94. The number of amides is 1. The van der Waals surface area contributed by atoms with Gasteiger partial charge in [0.15, 0.2) is 11.9 Å². The summed E-state index contributed by atoms with van der Waals surface area (Å²) >= 11 is 0. The molecule has 0 aliphatic rings. The van der Waals surface area contributed by atoms with Crippen LogP contribution in [0.15, 0.2) is 34.9 Å². The van der Waals surface area contributed by atoms with Gasteiger partial charge in [-0.3, -0.25) is 4.79 Å². The Kier molecular flexibility index (Phi) is 4.91. The van der Waals surface area contributed by atoms with Crippen molar-refractivity contribution in [2.24, 2.45) is 0 Å². The van der Waals surface area contributed by atoms with Crippen LogP contribution in [0.4, 0.5) is 19.0 Å². The number of halogens is 3. The van der Waals surface area contributed by atoms with E-state index < -0.39 is 29.7 Å². The van der Waals surface area contributed by atoms with Gasteiger partial charge in [-0.05, 0) is 32.0 Å². The van der Waals surface area contributed by atoms with E-state index in [1.54, 1.807) is 6.92 Å². The zero-order chi connectivity index (χ0) is 17.9. The van der Waals surface area contributed by atoms with Gasteiger partial charge in [-0.2, -0.15) is 13.2 Å². The highest BCUT2D eigenvalue weighted by atomic mass is 19.4. The number of alkyl halides is 3. The molecule has 1 N–H and O–H groups in total. The summed E-state index contributed by atoms with van der Waals surface area (Å²) in [5.74, 6) is -1.12. The van der Waals surface area contributed by atoms with Gasteiger partial charge < -0.3 is 14.6 Å². The summed E-state index contributed by atoms with van der Waals surface area (Å²) in [5.41, 5.74) is -1.28. The van der Waals surface area contributed by atoms with Gasteiger partial charge in [-0.15, -0.1) is 0 Å². The molecule has 0 saturated carbocycles. The topological polar surface area (TPSA) is 81.4 Å². The Morgan fingerprint density at radius 1 is 1.29 bits per heavy atom. The third kappa shape index (κ3) is 4.34. The van der Waals surface area contributed by atoms with Crippen molar-refractivity contribution in [2.75, 3.05) is 5.32 Å². The van der Waals surface area contributed by atoms with Crippen LogP contribution in [-0.4, -0.2) is 23.1 Å². The first-order valence-corrected chi connectivity index (χ1v) is 6.79. The summed E-state index contributed by atoms with van der Waals surface area (Å²) in [4.78, 5) is 23.8. The molecule has 6 nitrogen and oxygen atoms in total. The average Bonchev–Trinajstić information content (AvgIpc) is 2.91. The number of hydrogen-bond donors (Lipinski definition) is 1. The van der Waals surface area contributed by atoms with Gasteiger partial charge in [-0.1, -0.05) is 11.2 Å². The maximum atomic E-state index is 12.6. The molecule has 0 aliphatic carbocycles. The number of hydrogen-bond acceptors (Lipinski definition) is 5. The van der Waals surface area contributed by atoms with Crippen molar-refractivity contribution in [3.63, 3.8) is 0 Å². The molecule has 0 fully saturated rings. The quantitative estimate of drug-likeness (QED) is 0.863. The van der Waals surface area contributed by atoms with Gasteiger partial charge in [0.05, 0.1) is 11.1 Å².